The number of anilines is 3. The van der Waals surface area contributed by atoms with Crippen molar-refractivity contribution in [2.45, 2.75) is 18.4 Å². The Morgan fingerprint density at radius 2 is 1.97 bits per heavy atom. The molecule has 3 rings (SSSR count). The second kappa shape index (κ2) is 10.7. The van der Waals surface area contributed by atoms with Gasteiger partial charge >= 0.3 is 0 Å². The quantitative estimate of drug-likeness (QED) is 0.307. The van der Waals surface area contributed by atoms with E-state index in [1.54, 1.807) is 6.07 Å². The Bertz CT molecular complexity index is 1110. The summed E-state index contributed by atoms with van der Waals surface area (Å²) in [5.41, 5.74) is 2.26. The van der Waals surface area contributed by atoms with E-state index >= 15 is 0 Å². The van der Waals surface area contributed by atoms with Crippen LogP contribution in [0.15, 0.2) is 47.6 Å². The van der Waals surface area contributed by atoms with Crippen LogP contribution in [0.25, 0.3) is 0 Å². The van der Waals surface area contributed by atoms with Gasteiger partial charge in [-0.05, 0) is 42.4 Å². The van der Waals surface area contributed by atoms with Crippen molar-refractivity contribution in [3.63, 3.8) is 0 Å². The Balaban J connectivity index is 1.68. The molecule has 0 bridgehead atoms. The first-order valence-corrected chi connectivity index (χ1v) is 12.1. The summed E-state index contributed by atoms with van der Waals surface area (Å²) >= 11 is 6.97. The van der Waals surface area contributed by atoms with Crippen molar-refractivity contribution >= 4 is 49.7 Å². The Kier molecular flexibility index (Phi) is 8.02. The highest BCUT2D eigenvalue weighted by atomic mass is 35.5. The van der Waals surface area contributed by atoms with Crippen LogP contribution in [0.5, 0.6) is 0 Å². The lowest BCUT2D eigenvalue weighted by atomic mass is 10.1. The molecule has 0 atom stereocenters. The van der Waals surface area contributed by atoms with Gasteiger partial charge in [-0.3, -0.25) is 4.72 Å². The summed E-state index contributed by atoms with van der Waals surface area (Å²) in [5, 5.41) is 10.4. The fourth-order valence-electron chi connectivity index (χ4n) is 2.74. The highest BCUT2D eigenvalue weighted by Gasteiger charge is 2.20. The summed E-state index contributed by atoms with van der Waals surface area (Å²) in [6, 6.07) is 9.35. The molecule has 1 aromatic heterocycles. The third-order valence-electron chi connectivity index (χ3n) is 4.23. The number of sulfonamides is 1. The second-order valence-electron chi connectivity index (χ2n) is 6.43. The number of halogens is 2. The third-order valence-corrected chi connectivity index (χ3v) is 6.54. The van der Waals surface area contributed by atoms with Crippen LogP contribution in [0.2, 0.25) is 5.02 Å². The Morgan fingerprint density at radius 1 is 1.13 bits per heavy atom. The molecule has 0 aliphatic heterocycles. The molecule has 0 spiro atoms. The van der Waals surface area contributed by atoms with Gasteiger partial charge in [0.1, 0.15) is 17.0 Å². The lowest BCUT2D eigenvalue weighted by Crippen LogP contribution is -2.22. The first kappa shape index (κ1) is 23.2. The minimum absolute atomic E-state index is 0.0681. The average molecular weight is 485 g/mol. The van der Waals surface area contributed by atoms with Gasteiger partial charge in [-0.2, -0.15) is 4.37 Å². The number of benzene rings is 2. The number of hydrogen-bond acceptors (Lipinski definition) is 8. The molecule has 0 saturated heterocycles. The number of rotatable bonds is 11. The van der Waals surface area contributed by atoms with Crippen molar-refractivity contribution < 1.29 is 12.8 Å². The van der Waals surface area contributed by atoms with Gasteiger partial charge < -0.3 is 16.0 Å². The molecule has 0 radical (unpaired) electrons. The second-order valence-corrected chi connectivity index (χ2v) is 9.30. The maximum atomic E-state index is 14.5. The fraction of sp³-hybridized carbons (Fsp3) is 0.263. The normalized spacial score (nSPS) is 11.3. The third kappa shape index (κ3) is 6.50. The molecule has 8 nitrogen and oxygen atoms in total. The van der Waals surface area contributed by atoms with Gasteiger partial charge in [0, 0.05) is 47.6 Å². The van der Waals surface area contributed by atoms with Crippen LogP contribution < -0.4 is 20.7 Å². The number of nitrogens with one attached hydrogen (secondary N) is 4. The molecule has 1 heterocycles. The van der Waals surface area contributed by atoms with Crippen LogP contribution in [0.3, 0.4) is 0 Å². The van der Waals surface area contributed by atoms with Gasteiger partial charge in [-0.25, -0.2) is 17.8 Å². The van der Waals surface area contributed by atoms with Gasteiger partial charge in [-0.15, -0.1) is 0 Å². The van der Waals surface area contributed by atoms with E-state index in [0.717, 1.165) is 48.5 Å². The van der Waals surface area contributed by atoms with Gasteiger partial charge in [0.2, 0.25) is 5.13 Å². The zero-order valence-electron chi connectivity index (χ0n) is 16.7. The number of hydrogen-bond donors (Lipinski definition) is 4. The van der Waals surface area contributed by atoms with Gasteiger partial charge in [0.25, 0.3) is 10.0 Å². The van der Waals surface area contributed by atoms with Gasteiger partial charge in [0.15, 0.2) is 0 Å². The summed E-state index contributed by atoms with van der Waals surface area (Å²) in [4.78, 5) is 3.28. The molecule has 0 amide bonds. The first-order chi connectivity index (χ1) is 14.9. The van der Waals surface area contributed by atoms with E-state index < -0.39 is 20.7 Å². The van der Waals surface area contributed by atoms with Crippen molar-refractivity contribution in [3.8, 4) is 0 Å². The van der Waals surface area contributed by atoms with E-state index in [2.05, 4.69) is 30.0 Å². The fourth-order valence-corrected chi connectivity index (χ4v) is 4.64. The number of aromatic nitrogens is 2. The summed E-state index contributed by atoms with van der Waals surface area (Å²) in [7, 11) is -4.10. The van der Waals surface area contributed by atoms with E-state index in [-0.39, 0.29) is 5.13 Å². The van der Waals surface area contributed by atoms with Crippen LogP contribution >= 0.6 is 23.1 Å². The molecular weight excluding hydrogens is 463 g/mol. The van der Waals surface area contributed by atoms with Crippen LogP contribution in [0.4, 0.5) is 20.9 Å². The highest BCUT2D eigenvalue weighted by Crippen LogP contribution is 2.25. The molecule has 31 heavy (non-hydrogen) atoms. The Morgan fingerprint density at radius 3 is 2.68 bits per heavy atom. The van der Waals surface area contributed by atoms with Crippen LogP contribution in [-0.4, -0.2) is 37.4 Å². The Hall–Kier alpha value is -2.47. The molecule has 0 fully saturated rings. The maximum absolute atomic E-state index is 14.5. The first-order valence-electron chi connectivity index (χ1n) is 9.45. The van der Waals surface area contributed by atoms with Gasteiger partial charge in [-0.1, -0.05) is 24.6 Å². The zero-order chi connectivity index (χ0) is 22.3. The minimum Gasteiger partial charge on any atom is -0.383 e. The van der Waals surface area contributed by atoms with E-state index in [0.29, 0.717) is 17.3 Å². The molecule has 2 aromatic carbocycles. The number of nitrogens with zero attached hydrogens (tertiary/aromatic N) is 2. The molecule has 0 aliphatic carbocycles. The van der Waals surface area contributed by atoms with Crippen molar-refractivity contribution in [2.24, 2.45) is 0 Å². The largest absolute Gasteiger partial charge is 0.383 e. The molecule has 0 unspecified atom stereocenters. The van der Waals surface area contributed by atoms with Crippen LogP contribution in [-0.2, 0) is 16.6 Å². The predicted octanol–water partition coefficient (Wildman–Crippen LogP) is 3.76. The maximum Gasteiger partial charge on any atom is 0.266 e. The van der Waals surface area contributed by atoms with Crippen molar-refractivity contribution in [1.82, 2.24) is 14.7 Å². The predicted molar refractivity (Wildman–Crippen MR) is 123 cm³/mol. The lowest BCUT2D eigenvalue weighted by Gasteiger charge is -2.15. The lowest BCUT2D eigenvalue weighted by molar-refractivity contribution is 0.570. The molecule has 12 heteroatoms. The topological polar surface area (TPSA) is 108 Å². The average Bonchev–Trinajstić information content (AvgIpc) is 3.22. The summed E-state index contributed by atoms with van der Waals surface area (Å²) < 4.78 is 45.2. The highest BCUT2D eigenvalue weighted by molar-refractivity contribution is 7.93. The van der Waals surface area contributed by atoms with E-state index in [9.17, 15) is 12.8 Å². The Labute approximate surface area is 189 Å². The van der Waals surface area contributed by atoms with Crippen LogP contribution in [0, 0.1) is 5.82 Å². The standard InChI is InChI=1S/C19H22ClFN6O2S2/c1-2-22-7-8-23-17-9-14(20)4-3-13(17)11-24-15-5-6-18(16(21)10-15)31(28,29)27-19-25-12-26-30-19/h3-6,9-10,12,22-24H,2,7-8,11H2,1H3,(H,25,26,27). The monoisotopic (exact) mass is 484 g/mol. The summed E-state index contributed by atoms with van der Waals surface area (Å²) in [6.07, 6.45) is 1.21. The summed E-state index contributed by atoms with van der Waals surface area (Å²) in [6.45, 7) is 4.86. The molecular formula is C19H22ClFN6O2S2. The SMILES string of the molecule is CCNCCNc1cc(Cl)ccc1CNc1ccc(S(=O)(=O)Nc2ncns2)c(F)c1. The molecule has 166 valence electrons. The van der Waals surface area contributed by atoms with Crippen molar-refractivity contribution in [2.75, 3.05) is 35.0 Å². The minimum atomic E-state index is -4.10. The van der Waals surface area contributed by atoms with Crippen molar-refractivity contribution in [1.29, 1.82) is 0 Å². The van der Waals surface area contributed by atoms with E-state index in [1.807, 2.05) is 19.1 Å². The number of likely N-dealkylation sites (N-methyl/N-ethyl adjacent to an activating group) is 1. The molecule has 3 aromatic rings. The van der Waals surface area contributed by atoms with E-state index in [4.69, 9.17) is 11.6 Å². The smallest absolute Gasteiger partial charge is 0.266 e. The molecule has 0 aliphatic rings. The van der Waals surface area contributed by atoms with Crippen LogP contribution in [0.1, 0.15) is 12.5 Å². The zero-order valence-corrected chi connectivity index (χ0v) is 19.0. The molecule has 4 N–H and O–H groups in total. The van der Waals surface area contributed by atoms with Gasteiger partial charge in [0.05, 0.1) is 0 Å². The van der Waals surface area contributed by atoms with E-state index in [1.165, 1.54) is 18.5 Å². The molecule has 0 saturated carbocycles. The summed E-state index contributed by atoms with van der Waals surface area (Å²) in [5.74, 6) is -0.873. The van der Waals surface area contributed by atoms with Crippen molar-refractivity contribution in [3.05, 3.63) is 59.1 Å².